The molecule has 0 unspecified atom stereocenters. The summed E-state index contributed by atoms with van der Waals surface area (Å²) in [7, 11) is 0. The smallest absolute Gasteiger partial charge is 0.128 e. The molecule has 0 saturated carbocycles. The molecule has 3 rings (SSSR count). The van der Waals surface area contributed by atoms with Crippen molar-refractivity contribution in [3.05, 3.63) is 71.0 Å². The molecule has 1 aromatic heterocycles. The molecule has 2 aromatic carbocycles. The van der Waals surface area contributed by atoms with E-state index in [1.807, 2.05) is 42.6 Å². The van der Waals surface area contributed by atoms with E-state index in [2.05, 4.69) is 10.3 Å². The summed E-state index contributed by atoms with van der Waals surface area (Å²) in [5.41, 5.74) is 3.77. The normalized spacial score (nSPS) is 10.6. The summed E-state index contributed by atoms with van der Waals surface area (Å²) in [6.45, 7) is 2.43. The van der Waals surface area contributed by atoms with Gasteiger partial charge in [0.2, 0.25) is 0 Å². The lowest BCUT2D eigenvalue weighted by molar-refractivity contribution is 0.612. The van der Waals surface area contributed by atoms with Gasteiger partial charge in [0.25, 0.3) is 0 Å². The number of hydrogen-bond donors (Lipinski definition) is 1. The number of aryl methyl sites for hydroxylation is 1. The Hall–Kier alpha value is -2.20. The number of hydrogen-bond acceptors (Lipinski definition) is 3. The average molecular weight is 298 g/mol. The number of halogens is 1. The number of anilines is 1. The van der Waals surface area contributed by atoms with Gasteiger partial charge in [0.15, 0.2) is 0 Å². The molecule has 0 spiro atoms. The SMILES string of the molecule is Cc1ccc(F)c(CNc2cccc(-c3nccs3)c2)c1. The zero-order chi connectivity index (χ0) is 14.7. The third kappa shape index (κ3) is 3.28. The largest absolute Gasteiger partial charge is 0.381 e. The summed E-state index contributed by atoms with van der Waals surface area (Å²) in [6.07, 6.45) is 1.79. The van der Waals surface area contributed by atoms with Crippen LogP contribution in [-0.2, 0) is 6.54 Å². The zero-order valence-electron chi connectivity index (χ0n) is 11.6. The summed E-state index contributed by atoms with van der Waals surface area (Å²) in [6, 6.07) is 13.2. The Bertz CT molecular complexity index is 738. The molecule has 0 bridgehead atoms. The second-order valence-corrected chi connectivity index (χ2v) is 5.76. The van der Waals surface area contributed by atoms with Gasteiger partial charge in [-0.3, -0.25) is 0 Å². The molecule has 106 valence electrons. The first-order valence-electron chi connectivity index (χ1n) is 6.71. The van der Waals surface area contributed by atoms with E-state index in [9.17, 15) is 4.39 Å². The van der Waals surface area contributed by atoms with Crippen LogP contribution in [0.5, 0.6) is 0 Å². The van der Waals surface area contributed by atoms with Crippen LogP contribution in [0.25, 0.3) is 10.6 Å². The molecule has 1 heterocycles. The molecule has 0 amide bonds. The van der Waals surface area contributed by atoms with Crippen molar-refractivity contribution in [1.29, 1.82) is 0 Å². The van der Waals surface area contributed by atoms with Gasteiger partial charge in [-0.2, -0.15) is 0 Å². The van der Waals surface area contributed by atoms with E-state index in [-0.39, 0.29) is 5.82 Å². The van der Waals surface area contributed by atoms with Crippen LogP contribution >= 0.6 is 11.3 Å². The van der Waals surface area contributed by atoms with Crippen LogP contribution in [0.2, 0.25) is 0 Å². The third-order valence-corrected chi connectivity index (χ3v) is 4.05. The molecule has 0 saturated heterocycles. The van der Waals surface area contributed by atoms with Gasteiger partial charge in [-0.05, 0) is 25.1 Å². The van der Waals surface area contributed by atoms with E-state index in [0.717, 1.165) is 21.8 Å². The Morgan fingerprint density at radius 1 is 1.19 bits per heavy atom. The van der Waals surface area contributed by atoms with Crippen molar-refractivity contribution < 1.29 is 4.39 Å². The van der Waals surface area contributed by atoms with Crippen molar-refractivity contribution in [2.75, 3.05) is 5.32 Å². The Morgan fingerprint density at radius 3 is 2.90 bits per heavy atom. The molecule has 0 atom stereocenters. The van der Waals surface area contributed by atoms with E-state index in [4.69, 9.17) is 0 Å². The van der Waals surface area contributed by atoms with E-state index < -0.39 is 0 Å². The van der Waals surface area contributed by atoms with Gasteiger partial charge >= 0.3 is 0 Å². The predicted molar refractivity (Wildman–Crippen MR) is 86.0 cm³/mol. The van der Waals surface area contributed by atoms with Crippen LogP contribution in [0.3, 0.4) is 0 Å². The highest BCUT2D eigenvalue weighted by Crippen LogP contribution is 2.24. The highest BCUT2D eigenvalue weighted by Gasteiger charge is 2.04. The Morgan fingerprint density at radius 2 is 2.10 bits per heavy atom. The topological polar surface area (TPSA) is 24.9 Å². The molecule has 1 N–H and O–H groups in total. The van der Waals surface area contributed by atoms with Gasteiger partial charge in [0.05, 0.1) is 0 Å². The van der Waals surface area contributed by atoms with Gasteiger partial charge in [0.1, 0.15) is 10.8 Å². The Kier molecular flexibility index (Phi) is 3.97. The van der Waals surface area contributed by atoms with Crippen molar-refractivity contribution in [1.82, 2.24) is 4.98 Å². The molecule has 0 aliphatic heterocycles. The van der Waals surface area contributed by atoms with Crippen LogP contribution in [0.15, 0.2) is 54.0 Å². The molecule has 4 heteroatoms. The third-order valence-electron chi connectivity index (χ3n) is 3.23. The fourth-order valence-electron chi connectivity index (χ4n) is 2.16. The van der Waals surface area contributed by atoms with Gasteiger partial charge in [-0.1, -0.05) is 29.8 Å². The van der Waals surface area contributed by atoms with Crippen molar-refractivity contribution in [3.8, 4) is 10.6 Å². The van der Waals surface area contributed by atoms with Crippen LogP contribution < -0.4 is 5.32 Å². The first kappa shape index (κ1) is 13.8. The highest BCUT2D eigenvalue weighted by molar-refractivity contribution is 7.13. The molecule has 3 aromatic rings. The summed E-state index contributed by atoms with van der Waals surface area (Å²) < 4.78 is 13.7. The Labute approximate surface area is 127 Å². The standard InChI is InChI=1S/C17H15FN2S/c1-12-5-6-16(18)14(9-12)11-20-15-4-2-3-13(10-15)17-19-7-8-21-17/h2-10,20H,11H2,1H3. The van der Waals surface area contributed by atoms with E-state index >= 15 is 0 Å². The van der Waals surface area contributed by atoms with Crippen molar-refractivity contribution >= 4 is 17.0 Å². The number of nitrogens with zero attached hydrogens (tertiary/aromatic N) is 1. The monoisotopic (exact) mass is 298 g/mol. The maximum atomic E-state index is 13.7. The number of benzene rings is 2. The van der Waals surface area contributed by atoms with Gasteiger partial charge in [-0.25, -0.2) is 9.37 Å². The molecule has 2 nitrogen and oxygen atoms in total. The van der Waals surface area contributed by atoms with Gasteiger partial charge < -0.3 is 5.32 Å². The molecular weight excluding hydrogens is 283 g/mol. The molecule has 0 aliphatic carbocycles. The first-order valence-corrected chi connectivity index (χ1v) is 7.59. The van der Waals surface area contributed by atoms with E-state index in [1.165, 1.54) is 6.07 Å². The lowest BCUT2D eigenvalue weighted by Gasteiger charge is -2.09. The quantitative estimate of drug-likeness (QED) is 0.743. The van der Waals surface area contributed by atoms with Crippen LogP contribution in [0, 0.1) is 12.7 Å². The molecule has 0 aliphatic rings. The maximum Gasteiger partial charge on any atom is 0.128 e. The zero-order valence-corrected chi connectivity index (χ0v) is 12.5. The average Bonchev–Trinajstić information content (AvgIpc) is 3.03. The molecule has 0 fully saturated rings. The van der Waals surface area contributed by atoms with Crippen molar-refractivity contribution in [2.24, 2.45) is 0 Å². The number of thiazole rings is 1. The van der Waals surface area contributed by atoms with Crippen LogP contribution in [-0.4, -0.2) is 4.98 Å². The number of nitrogens with one attached hydrogen (secondary N) is 1. The Balaban J connectivity index is 1.76. The van der Waals surface area contributed by atoms with Crippen LogP contribution in [0.4, 0.5) is 10.1 Å². The summed E-state index contributed by atoms with van der Waals surface area (Å²) in [4.78, 5) is 4.30. The minimum Gasteiger partial charge on any atom is -0.381 e. The summed E-state index contributed by atoms with van der Waals surface area (Å²) >= 11 is 1.60. The second kappa shape index (κ2) is 6.06. The second-order valence-electron chi connectivity index (χ2n) is 4.87. The van der Waals surface area contributed by atoms with Gasteiger partial charge in [-0.15, -0.1) is 11.3 Å². The van der Waals surface area contributed by atoms with Crippen LogP contribution in [0.1, 0.15) is 11.1 Å². The maximum absolute atomic E-state index is 13.7. The lowest BCUT2D eigenvalue weighted by Crippen LogP contribution is -2.02. The van der Waals surface area contributed by atoms with E-state index in [0.29, 0.717) is 12.1 Å². The number of aromatic nitrogens is 1. The number of rotatable bonds is 4. The fourth-order valence-corrected chi connectivity index (χ4v) is 2.80. The predicted octanol–water partition coefficient (Wildman–Crippen LogP) is 4.87. The molecule has 0 radical (unpaired) electrons. The molecular formula is C17H15FN2S. The van der Waals surface area contributed by atoms with Crippen molar-refractivity contribution in [3.63, 3.8) is 0 Å². The minimum atomic E-state index is -0.177. The lowest BCUT2D eigenvalue weighted by atomic mass is 10.1. The fraction of sp³-hybridized carbons (Fsp3) is 0.118. The first-order chi connectivity index (χ1) is 10.2. The summed E-state index contributed by atoms with van der Waals surface area (Å²) in [5, 5.41) is 6.21. The summed E-state index contributed by atoms with van der Waals surface area (Å²) in [5.74, 6) is -0.177. The minimum absolute atomic E-state index is 0.177. The van der Waals surface area contributed by atoms with Gasteiger partial charge in [0, 0.05) is 34.9 Å². The van der Waals surface area contributed by atoms with E-state index in [1.54, 1.807) is 23.6 Å². The molecule has 21 heavy (non-hydrogen) atoms. The van der Waals surface area contributed by atoms with Crippen molar-refractivity contribution in [2.45, 2.75) is 13.5 Å². The highest BCUT2D eigenvalue weighted by atomic mass is 32.1.